The Hall–Kier alpha value is -0.970. The van der Waals surface area contributed by atoms with Crippen molar-refractivity contribution in [1.29, 1.82) is 0 Å². The van der Waals surface area contributed by atoms with Crippen LogP contribution in [0.1, 0.15) is 37.8 Å². The molecule has 1 atom stereocenters. The van der Waals surface area contributed by atoms with Gasteiger partial charge in [0, 0.05) is 32.1 Å². The number of ether oxygens (including phenoxy) is 1. The lowest BCUT2D eigenvalue weighted by atomic mass is 10.1. The average molecular weight is 280 g/mol. The summed E-state index contributed by atoms with van der Waals surface area (Å²) in [4.78, 5) is 4.10. The maximum absolute atomic E-state index is 9.80. The summed E-state index contributed by atoms with van der Waals surface area (Å²) in [6.07, 6.45) is 5.43. The van der Waals surface area contributed by atoms with Crippen molar-refractivity contribution in [2.24, 2.45) is 5.92 Å². The zero-order chi connectivity index (χ0) is 14.8. The summed E-state index contributed by atoms with van der Waals surface area (Å²) in [6, 6.07) is 1.99. The lowest BCUT2D eigenvalue weighted by molar-refractivity contribution is 0.0346. The van der Waals surface area contributed by atoms with Gasteiger partial charge in [0.2, 0.25) is 0 Å². The number of nitrogens with one attached hydrogen (secondary N) is 1. The first-order chi connectivity index (χ1) is 9.59. The zero-order valence-electron chi connectivity index (χ0n) is 12.9. The maximum atomic E-state index is 9.80. The number of hydrogen-bond acceptors (Lipinski definition) is 4. The van der Waals surface area contributed by atoms with E-state index in [2.05, 4.69) is 31.1 Å². The second-order valence-corrected chi connectivity index (χ2v) is 5.70. The molecule has 1 aromatic rings. The summed E-state index contributed by atoms with van der Waals surface area (Å²) in [7, 11) is 0. The number of aryl methyl sites for hydroxylation is 1. The van der Waals surface area contributed by atoms with Gasteiger partial charge in [-0.1, -0.05) is 13.8 Å². The molecule has 0 bridgehead atoms. The van der Waals surface area contributed by atoms with E-state index in [-0.39, 0.29) is 0 Å². The van der Waals surface area contributed by atoms with Crippen LogP contribution in [0.15, 0.2) is 18.5 Å². The van der Waals surface area contributed by atoms with Crippen molar-refractivity contribution in [1.82, 2.24) is 10.3 Å². The molecular formula is C16H28N2O2. The molecule has 0 saturated heterocycles. The van der Waals surface area contributed by atoms with E-state index >= 15 is 0 Å². The third kappa shape index (κ3) is 7.58. The van der Waals surface area contributed by atoms with Crippen LogP contribution >= 0.6 is 0 Å². The lowest BCUT2D eigenvalue weighted by Gasteiger charge is -2.13. The van der Waals surface area contributed by atoms with Gasteiger partial charge in [-0.3, -0.25) is 4.98 Å². The van der Waals surface area contributed by atoms with E-state index in [4.69, 9.17) is 4.74 Å². The van der Waals surface area contributed by atoms with Crippen molar-refractivity contribution in [3.63, 3.8) is 0 Å². The van der Waals surface area contributed by atoms with Crippen LogP contribution in [0.25, 0.3) is 0 Å². The Morgan fingerprint density at radius 2 is 2.20 bits per heavy atom. The van der Waals surface area contributed by atoms with E-state index in [9.17, 15) is 5.11 Å². The standard InChI is InChI=1S/C16H28N2O2/c1-13(2)5-4-8-20-12-16(19)11-18-10-15-9-17-7-6-14(15)3/h6-7,9,13,16,18-19H,4-5,8,10-12H2,1-3H3. The van der Waals surface area contributed by atoms with Crippen molar-refractivity contribution >= 4 is 0 Å². The minimum absolute atomic E-state index is 0.400. The molecule has 4 nitrogen and oxygen atoms in total. The van der Waals surface area contributed by atoms with E-state index in [1.807, 2.05) is 12.3 Å². The Balaban J connectivity index is 2.05. The molecule has 1 aromatic heterocycles. The Morgan fingerprint density at radius 1 is 1.40 bits per heavy atom. The van der Waals surface area contributed by atoms with Crippen molar-refractivity contribution < 1.29 is 9.84 Å². The summed E-state index contributed by atoms with van der Waals surface area (Å²) in [5.74, 6) is 0.716. The van der Waals surface area contributed by atoms with Gasteiger partial charge >= 0.3 is 0 Å². The fourth-order valence-electron chi connectivity index (χ4n) is 1.93. The Morgan fingerprint density at radius 3 is 2.90 bits per heavy atom. The number of aliphatic hydroxyl groups excluding tert-OH is 1. The van der Waals surface area contributed by atoms with Gasteiger partial charge in [0.05, 0.1) is 12.7 Å². The van der Waals surface area contributed by atoms with Gasteiger partial charge in [-0.2, -0.15) is 0 Å². The van der Waals surface area contributed by atoms with Crippen LogP contribution in [0.4, 0.5) is 0 Å². The van der Waals surface area contributed by atoms with Gasteiger partial charge < -0.3 is 15.2 Å². The smallest absolute Gasteiger partial charge is 0.0897 e. The maximum Gasteiger partial charge on any atom is 0.0897 e. The van der Waals surface area contributed by atoms with E-state index in [0.717, 1.165) is 25.1 Å². The molecule has 1 unspecified atom stereocenters. The van der Waals surface area contributed by atoms with Crippen LogP contribution in [0.5, 0.6) is 0 Å². The van der Waals surface area contributed by atoms with E-state index < -0.39 is 6.10 Å². The molecule has 2 N–H and O–H groups in total. The SMILES string of the molecule is Cc1ccncc1CNCC(O)COCCCC(C)C. The molecule has 20 heavy (non-hydrogen) atoms. The summed E-state index contributed by atoms with van der Waals surface area (Å²) in [6.45, 7) is 8.88. The van der Waals surface area contributed by atoms with E-state index in [0.29, 0.717) is 19.1 Å². The molecule has 0 fully saturated rings. The van der Waals surface area contributed by atoms with Gasteiger partial charge in [0.1, 0.15) is 0 Å². The molecule has 0 radical (unpaired) electrons. The molecule has 0 aliphatic heterocycles. The minimum Gasteiger partial charge on any atom is -0.389 e. The molecule has 114 valence electrons. The second kappa shape index (κ2) is 9.86. The van der Waals surface area contributed by atoms with Gasteiger partial charge in [-0.05, 0) is 42.9 Å². The molecule has 0 aliphatic rings. The number of aromatic nitrogens is 1. The van der Waals surface area contributed by atoms with Crippen molar-refractivity contribution in [3.05, 3.63) is 29.6 Å². The number of hydrogen-bond donors (Lipinski definition) is 2. The van der Waals surface area contributed by atoms with Crippen LogP contribution in [0.3, 0.4) is 0 Å². The Kier molecular flexibility index (Phi) is 8.42. The number of pyridine rings is 1. The molecule has 0 amide bonds. The number of aliphatic hydroxyl groups is 1. The fourth-order valence-corrected chi connectivity index (χ4v) is 1.93. The summed E-state index contributed by atoms with van der Waals surface area (Å²) in [5, 5.41) is 13.0. The van der Waals surface area contributed by atoms with Gasteiger partial charge in [0.15, 0.2) is 0 Å². The third-order valence-electron chi connectivity index (χ3n) is 3.22. The van der Waals surface area contributed by atoms with Crippen molar-refractivity contribution in [2.75, 3.05) is 19.8 Å². The zero-order valence-corrected chi connectivity index (χ0v) is 12.9. The predicted octanol–water partition coefficient (Wildman–Crippen LogP) is 2.29. The highest BCUT2D eigenvalue weighted by Gasteiger charge is 2.05. The quantitative estimate of drug-likeness (QED) is 0.646. The Labute approximate surface area is 122 Å². The van der Waals surface area contributed by atoms with E-state index in [1.54, 1.807) is 6.20 Å². The summed E-state index contributed by atoms with van der Waals surface area (Å²) < 4.78 is 5.47. The van der Waals surface area contributed by atoms with Crippen molar-refractivity contribution in [3.8, 4) is 0 Å². The topological polar surface area (TPSA) is 54.4 Å². The van der Waals surface area contributed by atoms with Crippen LogP contribution in [0.2, 0.25) is 0 Å². The molecule has 1 heterocycles. The van der Waals surface area contributed by atoms with Gasteiger partial charge in [-0.15, -0.1) is 0 Å². The lowest BCUT2D eigenvalue weighted by Crippen LogP contribution is -2.30. The van der Waals surface area contributed by atoms with Gasteiger partial charge in [0.25, 0.3) is 0 Å². The molecular weight excluding hydrogens is 252 g/mol. The van der Waals surface area contributed by atoms with Crippen LogP contribution in [0, 0.1) is 12.8 Å². The highest BCUT2D eigenvalue weighted by atomic mass is 16.5. The molecule has 0 saturated carbocycles. The molecule has 0 aliphatic carbocycles. The summed E-state index contributed by atoms with van der Waals surface area (Å²) in [5.41, 5.74) is 2.38. The average Bonchev–Trinajstić information content (AvgIpc) is 2.40. The molecule has 4 heteroatoms. The number of rotatable bonds is 10. The van der Waals surface area contributed by atoms with Crippen LogP contribution in [-0.2, 0) is 11.3 Å². The van der Waals surface area contributed by atoms with Crippen LogP contribution < -0.4 is 5.32 Å². The first-order valence-electron chi connectivity index (χ1n) is 7.45. The summed E-state index contributed by atoms with van der Waals surface area (Å²) >= 11 is 0. The van der Waals surface area contributed by atoms with Crippen LogP contribution in [-0.4, -0.2) is 36.0 Å². The van der Waals surface area contributed by atoms with Gasteiger partial charge in [-0.25, -0.2) is 0 Å². The van der Waals surface area contributed by atoms with E-state index in [1.165, 1.54) is 12.0 Å². The first kappa shape index (κ1) is 17.1. The second-order valence-electron chi connectivity index (χ2n) is 5.70. The largest absolute Gasteiger partial charge is 0.389 e. The highest BCUT2D eigenvalue weighted by molar-refractivity contribution is 5.20. The molecule has 0 spiro atoms. The normalized spacial score (nSPS) is 12.8. The predicted molar refractivity (Wildman–Crippen MR) is 81.6 cm³/mol. The fraction of sp³-hybridized carbons (Fsp3) is 0.688. The highest BCUT2D eigenvalue weighted by Crippen LogP contribution is 2.04. The molecule has 1 rings (SSSR count). The Bertz CT molecular complexity index is 369. The number of nitrogens with zero attached hydrogens (tertiary/aromatic N) is 1. The third-order valence-corrected chi connectivity index (χ3v) is 3.22. The monoisotopic (exact) mass is 280 g/mol. The first-order valence-corrected chi connectivity index (χ1v) is 7.45. The molecule has 0 aromatic carbocycles. The minimum atomic E-state index is -0.453. The van der Waals surface area contributed by atoms with Crippen molar-refractivity contribution in [2.45, 2.75) is 46.3 Å².